The van der Waals surface area contributed by atoms with E-state index in [1.807, 2.05) is 30.5 Å². The van der Waals surface area contributed by atoms with Crippen LogP contribution in [-0.2, 0) is 11.2 Å². The zero-order valence-corrected chi connectivity index (χ0v) is 15.9. The second kappa shape index (κ2) is 8.77. The van der Waals surface area contributed by atoms with Crippen molar-refractivity contribution in [1.29, 1.82) is 0 Å². The normalized spacial score (nSPS) is 10.7. The van der Waals surface area contributed by atoms with E-state index < -0.39 is 0 Å². The Kier molecular flexibility index (Phi) is 6.18. The Bertz CT molecular complexity index is 863. The highest BCUT2D eigenvalue weighted by Gasteiger charge is 2.11. The summed E-state index contributed by atoms with van der Waals surface area (Å²) in [7, 11) is 1.62. The number of benzene rings is 1. The van der Waals surface area contributed by atoms with Gasteiger partial charge in [-0.2, -0.15) is 4.98 Å². The molecule has 26 heavy (non-hydrogen) atoms. The van der Waals surface area contributed by atoms with E-state index >= 15 is 0 Å². The number of thioether (sulfide) groups is 1. The lowest BCUT2D eigenvalue weighted by Crippen LogP contribution is -2.11. The summed E-state index contributed by atoms with van der Waals surface area (Å²) >= 11 is 2.85. The Hall–Kier alpha value is -2.46. The predicted octanol–water partition coefficient (Wildman–Crippen LogP) is 3.28. The van der Waals surface area contributed by atoms with Gasteiger partial charge < -0.3 is 14.6 Å². The summed E-state index contributed by atoms with van der Waals surface area (Å²) < 4.78 is 11.2. The molecule has 1 N–H and O–H groups in total. The number of amides is 1. The number of nitrogens with zero attached hydrogens (tertiary/aromatic N) is 4. The number of carbonyl (C=O) groups excluding carboxylic acids is 1. The molecule has 8 nitrogen and oxygen atoms in total. The Morgan fingerprint density at radius 2 is 2.12 bits per heavy atom. The third-order valence-corrected chi connectivity index (χ3v) is 5.25. The molecule has 3 aromatic rings. The van der Waals surface area contributed by atoms with Gasteiger partial charge in [-0.1, -0.05) is 28.3 Å². The third-order valence-electron chi connectivity index (χ3n) is 3.44. The van der Waals surface area contributed by atoms with Crippen molar-refractivity contribution in [3.63, 3.8) is 0 Å². The molecule has 136 valence electrons. The van der Waals surface area contributed by atoms with Crippen LogP contribution in [0, 0.1) is 0 Å². The van der Waals surface area contributed by atoms with Crippen molar-refractivity contribution in [2.75, 3.05) is 18.7 Å². The first kappa shape index (κ1) is 18.3. The van der Waals surface area contributed by atoms with Gasteiger partial charge in [-0.15, -0.1) is 10.2 Å². The first-order chi connectivity index (χ1) is 12.7. The van der Waals surface area contributed by atoms with Crippen LogP contribution in [0.4, 0.5) is 5.13 Å². The van der Waals surface area contributed by atoms with Crippen LogP contribution in [0.25, 0.3) is 11.4 Å². The number of methoxy groups -OCH3 is 1. The topological polar surface area (TPSA) is 103 Å². The number of aryl methyl sites for hydroxylation is 1. The van der Waals surface area contributed by atoms with Crippen LogP contribution in [-0.4, -0.2) is 39.6 Å². The minimum Gasteiger partial charge on any atom is -0.497 e. The first-order valence-corrected chi connectivity index (χ1v) is 9.86. The van der Waals surface area contributed by atoms with Crippen LogP contribution in [0.5, 0.6) is 5.75 Å². The quantitative estimate of drug-likeness (QED) is 0.461. The molecule has 3 rings (SSSR count). The highest BCUT2D eigenvalue weighted by Crippen LogP contribution is 2.23. The Balaban J connectivity index is 1.47. The molecule has 0 atom stereocenters. The molecular weight excluding hydrogens is 374 g/mol. The maximum atomic E-state index is 11.9. The molecule has 1 amide bonds. The number of rotatable bonds is 8. The summed E-state index contributed by atoms with van der Waals surface area (Å²) in [5, 5.41) is 15.1. The molecule has 0 bridgehead atoms. The van der Waals surface area contributed by atoms with Crippen molar-refractivity contribution in [1.82, 2.24) is 20.3 Å². The summed E-state index contributed by atoms with van der Waals surface area (Å²) in [5.41, 5.74) is 0.847. The number of hydrogen-bond donors (Lipinski definition) is 1. The first-order valence-electron chi connectivity index (χ1n) is 7.82. The van der Waals surface area contributed by atoms with Gasteiger partial charge in [-0.25, -0.2) is 0 Å². The van der Waals surface area contributed by atoms with Gasteiger partial charge in [-0.05, 0) is 36.9 Å². The van der Waals surface area contributed by atoms with E-state index in [1.54, 1.807) is 7.11 Å². The van der Waals surface area contributed by atoms with Crippen LogP contribution >= 0.6 is 23.1 Å². The van der Waals surface area contributed by atoms with E-state index in [4.69, 9.17) is 9.26 Å². The molecule has 0 spiro atoms. The molecule has 0 aliphatic heterocycles. The summed E-state index contributed by atoms with van der Waals surface area (Å²) in [6.07, 6.45) is 3.39. The molecule has 0 radical (unpaired) electrons. The van der Waals surface area contributed by atoms with Gasteiger partial charge >= 0.3 is 0 Å². The monoisotopic (exact) mass is 391 g/mol. The molecular formula is C16H17N5O3S2. The maximum absolute atomic E-state index is 11.9. The van der Waals surface area contributed by atoms with Gasteiger partial charge in [0.1, 0.15) is 5.75 Å². The fourth-order valence-electron chi connectivity index (χ4n) is 2.14. The lowest BCUT2D eigenvalue weighted by atomic mass is 10.2. The van der Waals surface area contributed by atoms with Gasteiger partial charge in [0.05, 0.1) is 7.11 Å². The third kappa shape index (κ3) is 4.79. The molecule has 1 aromatic carbocycles. The molecule has 2 aromatic heterocycles. The molecule has 0 fully saturated rings. The average Bonchev–Trinajstić information content (AvgIpc) is 3.31. The van der Waals surface area contributed by atoms with Gasteiger partial charge in [-0.3, -0.25) is 4.79 Å². The molecule has 0 saturated carbocycles. The van der Waals surface area contributed by atoms with Crippen LogP contribution in [0.15, 0.2) is 33.1 Å². The number of anilines is 1. The molecule has 2 heterocycles. The van der Waals surface area contributed by atoms with Gasteiger partial charge in [0.2, 0.25) is 22.8 Å². The van der Waals surface area contributed by atoms with E-state index in [0.29, 0.717) is 36.1 Å². The minimum absolute atomic E-state index is 0.108. The molecule has 0 unspecified atom stereocenters. The maximum Gasteiger partial charge on any atom is 0.226 e. The Morgan fingerprint density at radius 1 is 1.31 bits per heavy atom. The van der Waals surface area contributed by atoms with E-state index in [0.717, 1.165) is 15.7 Å². The molecule has 0 aliphatic rings. The lowest BCUT2D eigenvalue weighted by Gasteiger charge is -1.99. The van der Waals surface area contributed by atoms with E-state index in [9.17, 15) is 4.79 Å². The standard InChI is InChI=1S/C16H17N5O3S2/c1-23-11-8-6-10(7-9-11)14-18-13(24-21-14)5-3-4-12(22)17-15-19-20-16(25-2)26-15/h6-9H,3-5H2,1-2H3,(H,17,19,22). The van der Waals surface area contributed by atoms with Crippen LogP contribution in [0.3, 0.4) is 0 Å². The van der Waals surface area contributed by atoms with Gasteiger partial charge in [0.25, 0.3) is 0 Å². The SMILES string of the molecule is COc1ccc(-c2noc(CCCC(=O)Nc3nnc(SC)s3)n2)cc1. The van der Waals surface area contributed by atoms with E-state index in [1.165, 1.54) is 23.1 Å². The minimum atomic E-state index is -0.108. The van der Waals surface area contributed by atoms with E-state index in [2.05, 4.69) is 25.7 Å². The summed E-state index contributed by atoms with van der Waals surface area (Å²) in [6, 6.07) is 7.41. The van der Waals surface area contributed by atoms with Gasteiger partial charge in [0.15, 0.2) is 4.34 Å². The van der Waals surface area contributed by atoms with Crippen molar-refractivity contribution in [3.05, 3.63) is 30.2 Å². The number of nitrogens with one attached hydrogen (secondary N) is 1. The molecule has 0 saturated heterocycles. The summed E-state index contributed by atoms with van der Waals surface area (Å²) in [5.74, 6) is 1.68. The van der Waals surface area contributed by atoms with Crippen molar-refractivity contribution in [2.24, 2.45) is 0 Å². The van der Waals surface area contributed by atoms with E-state index in [-0.39, 0.29) is 5.91 Å². The zero-order valence-electron chi connectivity index (χ0n) is 14.3. The predicted molar refractivity (Wildman–Crippen MR) is 99.5 cm³/mol. The smallest absolute Gasteiger partial charge is 0.226 e. The average molecular weight is 391 g/mol. The zero-order chi connectivity index (χ0) is 18.4. The highest BCUT2D eigenvalue weighted by atomic mass is 32.2. The van der Waals surface area contributed by atoms with Crippen LogP contribution in [0.1, 0.15) is 18.7 Å². The second-order valence-electron chi connectivity index (χ2n) is 5.22. The van der Waals surface area contributed by atoms with Crippen LogP contribution < -0.4 is 10.1 Å². The van der Waals surface area contributed by atoms with Crippen LogP contribution in [0.2, 0.25) is 0 Å². The van der Waals surface area contributed by atoms with Crippen molar-refractivity contribution in [3.8, 4) is 17.1 Å². The van der Waals surface area contributed by atoms with Gasteiger partial charge in [0, 0.05) is 18.4 Å². The number of carbonyl (C=O) groups is 1. The fourth-order valence-corrected chi connectivity index (χ4v) is 3.32. The molecule has 0 aliphatic carbocycles. The molecule has 10 heteroatoms. The lowest BCUT2D eigenvalue weighted by molar-refractivity contribution is -0.116. The number of aromatic nitrogens is 4. The second-order valence-corrected chi connectivity index (χ2v) is 7.25. The Morgan fingerprint density at radius 3 is 2.81 bits per heavy atom. The fraction of sp³-hybridized carbons (Fsp3) is 0.312. The number of hydrogen-bond acceptors (Lipinski definition) is 9. The van der Waals surface area contributed by atoms with Crippen molar-refractivity contribution < 1.29 is 14.1 Å². The highest BCUT2D eigenvalue weighted by molar-refractivity contribution is 8.00. The van der Waals surface area contributed by atoms with Crippen molar-refractivity contribution >= 4 is 34.1 Å². The largest absolute Gasteiger partial charge is 0.497 e. The van der Waals surface area contributed by atoms with Crippen molar-refractivity contribution in [2.45, 2.75) is 23.6 Å². The number of ether oxygens (including phenoxy) is 1. The Labute approximate surface area is 158 Å². The summed E-state index contributed by atoms with van der Waals surface area (Å²) in [4.78, 5) is 16.3. The summed E-state index contributed by atoms with van der Waals surface area (Å²) in [6.45, 7) is 0.